The van der Waals surface area contributed by atoms with Crippen LogP contribution in [0.15, 0.2) is 52.9 Å². The van der Waals surface area contributed by atoms with Gasteiger partial charge in [-0.15, -0.1) is 0 Å². The number of fused-ring (bicyclic) bond motifs is 1. The van der Waals surface area contributed by atoms with Gasteiger partial charge in [-0.25, -0.2) is 4.98 Å². The van der Waals surface area contributed by atoms with Gasteiger partial charge in [0.1, 0.15) is 11.3 Å². The molecule has 4 rings (SSSR count). The predicted octanol–water partition coefficient (Wildman–Crippen LogP) is 5.50. The second-order valence-electron chi connectivity index (χ2n) is 8.14. The minimum absolute atomic E-state index is 0.00414. The zero-order chi connectivity index (χ0) is 26.7. The van der Waals surface area contributed by atoms with E-state index >= 15 is 0 Å². The summed E-state index contributed by atoms with van der Waals surface area (Å²) in [6.07, 6.45) is 0.856. The third kappa shape index (κ3) is 5.51. The normalized spacial score (nSPS) is 10.8. The molecular weight excluding hydrogens is 496 g/mol. The molecule has 3 aromatic carbocycles. The van der Waals surface area contributed by atoms with Crippen LogP contribution in [-0.2, 0) is 6.42 Å². The fraction of sp³-hybridized carbons (Fsp3) is 0.192. The van der Waals surface area contributed by atoms with Crippen molar-refractivity contribution >= 4 is 45.7 Å². The molecule has 0 spiro atoms. The Hall–Kier alpha value is -4.51. The van der Waals surface area contributed by atoms with Gasteiger partial charge >= 0.3 is 5.69 Å². The van der Waals surface area contributed by atoms with Crippen molar-refractivity contribution in [3.8, 4) is 23.0 Å². The number of nitrogens with zero attached hydrogens (tertiary/aromatic N) is 2. The molecule has 0 bridgehead atoms. The summed E-state index contributed by atoms with van der Waals surface area (Å²) in [5.74, 6) is -0.319. The number of benzene rings is 3. The Kier molecular flexibility index (Phi) is 7.35. The number of aromatic nitrogens is 1. The highest BCUT2D eigenvalue weighted by atomic mass is 32.1. The molecule has 0 aliphatic heterocycles. The molecule has 0 aliphatic carbocycles. The maximum absolute atomic E-state index is 12.7. The number of anilines is 1. The average Bonchev–Trinajstić information content (AvgIpc) is 3.29. The van der Waals surface area contributed by atoms with Gasteiger partial charge in [0.2, 0.25) is 5.89 Å². The van der Waals surface area contributed by atoms with E-state index in [0.29, 0.717) is 27.9 Å². The van der Waals surface area contributed by atoms with Gasteiger partial charge in [0.25, 0.3) is 5.91 Å². The number of nitrogens with one attached hydrogen (secondary N) is 2. The van der Waals surface area contributed by atoms with Crippen LogP contribution >= 0.6 is 12.2 Å². The van der Waals surface area contributed by atoms with Gasteiger partial charge in [0.15, 0.2) is 16.4 Å². The minimum atomic E-state index is -0.634. The Morgan fingerprint density at radius 2 is 1.97 bits per heavy atom. The lowest BCUT2D eigenvalue weighted by molar-refractivity contribution is -0.385. The number of thiocarbonyl (C=S) groups is 1. The molecular formula is C26H24N4O6S. The first kappa shape index (κ1) is 25.6. The number of hydrogen-bond donors (Lipinski definition) is 3. The van der Waals surface area contributed by atoms with Crippen molar-refractivity contribution in [2.45, 2.75) is 27.2 Å². The molecule has 0 atom stereocenters. The zero-order valence-corrected chi connectivity index (χ0v) is 21.1. The summed E-state index contributed by atoms with van der Waals surface area (Å²) in [7, 11) is 0. The van der Waals surface area contributed by atoms with Crippen LogP contribution in [0.5, 0.6) is 11.5 Å². The summed E-state index contributed by atoms with van der Waals surface area (Å²) in [6.45, 7) is 5.71. The summed E-state index contributed by atoms with van der Waals surface area (Å²) in [5, 5.41) is 27.4. The Labute approximate surface area is 217 Å². The highest BCUT2D eigenvalue weighted by Gasteiger charge is 2.20. The SMILES string of the molecule is CCOc1ccc(C(=O)NC(=S)Nc2cc(C)c(O)c(-c3nc4cc(CC)ccc4o3)c2)cc1[N+](=O)[O-]. The Morgan fingerprint density at radius 1 is 1.19 bits per heavy atom. The fourth-order valence-electron chi connectivity index (χ4n) is 3.74. The molecule has 10 nitrogen and oxygen atoms in total. The van der Waals surface area contributed by atoms with Gasteiger partial charge in [-0.2, -0.15) is 0 Å². The fourth-order valence-corrected chi connectivity index (χ4v) is 3.95. The van der Waals surface area contributed by atoms with E-state index < -0.39 is 10.8 Å². The number of nitro benzene ring substituents is 1. The van der Waals surface area contributed by atoms with Crippen LogP contribution < -0.4 is 15.4 Å². The lowest BCUT2D eigenvalue weighted by Crippen LogP contribution is -2.34. The third-order valence-electron chi connectivity index (χ3n) is 5.59. The zero-order valence-electron chi connectivity index (χ0n) is 20.3. The number of oxazole rings is 1. The number of rotatable bonds is 7. The highest BCUT2D eigenvalue weighted by molar-refractivity contribution is 7.80. The summed E-state index contributed by atoms with van der Waals surface area (Å²) in [6, 6.07) is 12.9. The molecule has 190 valence electrons. The van der Waals surface area contributed by atoms with Crippen LogP contribution in [-0.4, -0.2) is 32.6 Å². The second-order valence-corrected chi connectivity index (χ2v) is 8.55. The lowest BCUT2D eigenvalue weighted by Gasteiger charge is -2.13. The molecule has 37 heavy (non-hydrogen) atoms. The third-order valence-corrected chi connectivity index (χ3v) is 5.80. The van der Waals surface area contributed by atoms with Crippen molar-refractivity contribution in [3.05, 3.63) is 75.3 Å². The largest absolute Gasteiger partial charge is 0.507 e. The van der Waals surface area contributed by atoms with Crippen LogP contribution in [0.3, 0.4) is 0 Å². The molecule has 1 heterocycles. The number of ether oxygens (including phenoxy) is 1. The maximum Gasteiger partial charge on any atom is 0.311 e. The van der Waals surface area contributed by atoms with E-state index in [2.05, 4.69) is 15.6 Å². The Bertz CT molecular complexity index is 1530. The van der Waals surface area contributed by atoms with E-state index in [1.807, 2.05) is 25.1 Å². The highest BCUT2D eigenvalue weighted by Crippen LogP contribution is 2.36. The molecule has 1 aromatic heterocycles. The first-order valence-electron chi connectivity index (χ1n) is 11.5. The van der Waals surface area contributed by atoms with E-state index in [4.69, 9.17) is 21.4 Å². The van der Waals surface area contributed by atoms with Gasteiger partial charge in [-0.1, -0.05) is 13.0 Å². The first-order valence-corrected chi connectivity index (χ1v) is 11.9. The van der Waals surface area contributed by atoms with Crippen LogP contribution in [0, 0.1) is 17.0 Å². The number of aromatic hydroxyl groups is 1. The maximum atomic E-state index is 12.7. The predicted molar refractivity (Wildman–Crippen MR) is 143 cm³/mol. The number of carbonyl (C=O) groups is 1. The molecule has 0 radical (unpaired) electrons. The second kappa shape index (κ2) is 10.6. The van der Waals surface area contributed by atoms with Crippen molar-refractivity contribution in [1.82, 2.24) is 10.3 Å². The molecule has 11 heteroatoms. The number of nitro groups is 1. The number of phenolic OH excluding ortho intramolecular Hbond substituents is 1. The monoisotopic (exact) mass is 520 g/mol. The minimum Gasteiger partial charge on any atom is -0.507 e. The molecule has 3 N–H and O–H groups in total. The van der Waals surface area contributed by atoms with Crippen LogP contribution in [0.4, 0.5) is 11.4 Å². The van der Waals surface area contributed by atoms with Gasteiger partial charge in [0, 0.05) is 17.3 Å². The van der Waals surface area contributed by atoms with Gasteiger partial charge in [0.05, 0.1) is 17.1 Å². The van der Waals surface area contributed by atoms with Crippen LogP contribution in [0.25, 0.3) is 22.6 Å². The average molecular weight is 521 g/mol. The number of carbonyl (C=O) groups excluding carboxylic acids is 1. The van der Waals surface area contributed by atoms with Gasteiger partial charge in [-0.3, -0.25) is 20.2 Å². The summed E-state index contributed by atoms with van der Waals surface area (Å²) >= 11 is 5.28. The smallest absolute Gasteiger partial charge is 0.311 e. The van der Waals surface area contributed by atoms with Crippen LogP contribution in [0.2, 0.25) is 0 Å². The molecule has 0 saturated heterocycles. The number of hydrogen-bond acceptors (Lipinski definition) is 8. The molecule has 1 amide bonds. The number of aryl methyl sites for hydroxylation is 2. The Morgan fingerprint density at radius 3 is 2.68 bits per heavy atom. The molecule has 0 unspecified atom stereocenters. The summed E-state index contributed by atoms with van der Waals surface area (Å²) in [4.78, 5) is 27.9. The van der Waals surface area contributed by atoms with E-state index in [1.165, 1.54) is 12.1 Å². The molecule has 0 fully saturated rings. The van der Waals surface area contributed by atoms with Crippen LogP contribution in [0.1, 0.15) is 35.3 Å². The topological polar surface area (TPSA) is 140 Å². The van der Waals surface area contributed by atoms with Crippen molar-refractivity contribution in [1.29, 1.82) is 0 Å². The van der Waals surface area contributed by atoms with E-state index in [9.17, 15) is 20.0 Å². The molecule has 0 aliphatic rings. The van der Waals surface area contributed by atoms with Crippen molar-refractivity contribution in [2.75, 3.05) is 11.9 Å². The van der Waals surface area contributed by atoms with Crippen molar-refractivity contribution in [2.24, 2.45) is 0 Å². The Balaban J connectivity index is 1.55. The summed E-state index contributed by atoms with van der Waals surface area (Å²) < 4.78 is 11.1. The van der Waals surface area contributed by atoms with Gasteiger partial charge < -0.3 is 19.6 Å². The lowest BCUT2D eigenvalue weighted by atomic mass is 10.1. The first-order chi connectivity index (χ1) is 17.7. The summed E-state index contributed by atoms with van der Waals surface area (Å²) in [5.41, 5.74) is 3.47. The quantitative estimate of drug-likeness (QED) is 0.125. The van der Waals surface area contributed by atoms with Crippen molar-refractivity contribution < 1.29 is 24.0 Å². The standard InChI is InChI=1S/C26H24N4O6S/c1-4-15-6-8-21-19(11-15)28-25(36-21)18-13-17(10-14(3)23(18)31)27-26(37)29-24(32)16-7-9-22(35-5-2)20(12-16)30(33)34/h6-13,31H,4-5H2,1-3H3,(H2,27,29,32,37). The van der Waals surface area contributed by atoms with Crippen molar-refractivity contribution in [3.63, 3.8) is 0 Å². The molecule has 4 aromatic rings. The number of phenols is 1. The van der Waals surface area contributed by atoms with Gasteiger partial charge in [-0.05, 0) is 80.0 Å². The van der Waals surface area contributed by atoms with E-state index in [0.717, 1.165) is 18.1 Å². The molecule has 0 saturated carbocycles. The van der Waals surface area contributed by atoms with E-state index in [1.54, 1.807) is 26.0 Å². The van der Waals surface area contributed by atoms with E-state index in [-0.39, 0.29) is 40.4 Å². The number of amides is 1.